The Morgan fingerprint density at radius 2 is 1.73 bits per heavy atom. The number of carbonyl (C=O) groups excluding carboxylic acids is 1. The molecule has 0 radical (unpaired) electrons. The number of H-pyrrole nitrogens is 2. The summed E-state index contributed by atoms with van der Waals surface area (Å²) < 4.78 is 38.8. The van der Waals surface area contributed by atoms with Gasteiger partial charge in [-0.1, -0.05) is 12.8 Å². The minimum atomic E-state index is -3.65. The van der Waals surface area contributed by atoms with Gasteiger partial charge >= 0.3 is 0 Å². The minimum Gasteiger partial charge on any atom is -0.352 e. The lowest BCUT2D eigenvalue weighted by molar-refractivity contribution is -0.119. The van der Waals surface area contributed by atoms with Gasteiger partial charge in [-0.3, -0.25) is 19.9 Å². The van der Waals surface area contributed by atoms with Gasteiger partial charge < -0.3 is 16.0 Å². The van der Waals surface area contributed by atoms with Gasteiger partial charge in [0.15, 0.2) is 15.5 Å². The van der Waals surface area contributed by atoms with Crippen molar-refractivity contribution in [1.82, 2.24) is 30.1 Å². The average Bonchev–Trinajstić information content (AvgIpc) is 3.79. The van der Waals surface area contributed by atoms with E-state index < -0.39 is 21.0 Å². The number of hydrogen-bond acceptors (Lipinski definition) is 8. The van der Waals surface area contributed by atoms with Crippen molar-refractivity contribution in [3.8, 4) is 33.6 Å². The van der Waals surface area contributed by atoms with Crippen LogP contribution in [0.15, 0.2) is 67.4 Å². The van der Waals surface area contributed by atoms with Gasteiger partial charge in [0, 0.05) is 58.2 Å². The van der Waals surface area contributed by atoms with E-state index in [2.05, 4.69) is 35.5 Å². The molecule has 0 bridgehead atoms. The molecule has 1 fully saturated rings. The van der Waals surface area contributed by atoms with Crippen LogP contribution >= 0.6 is 0 Å². The minimum absolute atomic E-state index is 0.0255. The Kier molecular flexibility index (Phi) is 7.13. The number of sulfone groups is 1. The quantitative estimate of drug-likeness (QED) is 0.180. The number of aromatic nitrogens is 6. The van der Waals surface area contributed by atoms with Gasteiger partial charge in [0.25, 0.3) is 0 Å². The van der Waals surface area contributed by atoms with Crippen LogP contribution in [0.25, 0.3) is 55.6 Å². The van der Waals surface area contributed by atoms with Crippen LogP contribution in [0.1, 0.15) is 36.6 Å². The number of amides is 1. The monoisotopic (exact) mass is 624 g/mol. The van der Waals surface area contributed by atoms with E-state index in [1.165, 1.54) is 6.07 Å². The van der Waals surface area contributed by atoms with E-state index in [4.69, 9.17) is 5.73 Å². The fraction of sp³-hybridized carbons (Fsp3) is 0.219. The number of carbonyl (C=O) groups is 1. The summed E-state index contributed by atoms with van der Waals surface area (Å²) >= 11 is 0. The normalized spacial score (nSPS) is 14.7. The lowest BCUT2D eigenvalue weighted by Gasteiger charge is -2.12. The molecular formula is C32H29FN8O3S. The molecule has 0 spiro atoms. The van der Waals surface area contributed by atoms with Crippen molar-refractivity contribution >= 4 is 43.4 Å². The number of fused-ring (bicyclic) bond motifs is 2. The van der Waals surface area contributed by atoms with Gasteiger partial charge in [0.05, 0.1) is 29.3 Å². The van der Waals surface area contributed by atoms with E-state index >= 15 is 0 Å². The molecule has 1 aliphatic carbocycles. The Labute approximate surface area is 257 Å². The van der Waals surface area contributed by atoms with Crippen LogP contribution in [-0.2, 0) is 14.6 Å². The maximum Gasteiger partial charge on any atom is 0.227 e. The summed E-state index contributed by atoms with van der Waals surface area (Å²) in [5.74, 6) is -0.541. The molecular weight excluding hydrogens is 595 g/mol. The van der Waals surface area contributed by atoms with Crippen LogP contribution in [0.5, 0.6) is 0 Å². The summed E-state index contributed by atoms with van der Waals surface area (Å²) in [5.41, 5.74) is 11.8. The average molecular weight is 625 g/mol. The lowest BCUT2D eigenvalue weighted by atomic mass is 10.0. The zero-order valence-corrected chi connectivity index (χ0v) is 25.0. The SMILES string of the molecule is CS(=O)(=O)C(N)c1cc(F)cc(-c2cncc3[nH]c(-c4n[nH]c5ncc(-c6cncc(NC(=O)C7CCCC7)c6)cc45)cc23)c1. The number of anilines is 1. The highest BCUT2D eigenvalue weighted by Crippen LogP contribution is 2.36. The van der Waals surface area contributed by atoms with Gasteiger partial charge in [-0.2, -0.15) is 5.10 Å². The number of aromatic amines is 2. The smallest absolute Gasteiger partial charge is 0.227 e. The summed E-state index contributed by atoms with van der Waals surface area (Å²) in [4.78, 5) is 29.3. The molecule has 7 rings (SSSR count). The molecule has 1 amide bonds. The number of nitrogens with two attached hydrogens (primary N) is 1. The van der Waals surface area contributed by atoms with Gasteiger partial charge in [-0.25, -0.2) is 17.8 Å². The van der Waals surface area contributed by atoms with Crippen molar-refractivity contribution in [2.45, 2.75) is 31.1 Å². The van der Waals surface area contributed by atoms with Crippen molar-refractivity contribution in [2.75, 3.05) is 11.6 Å². The van der Waals surface area contributed by atoms with Crippen LogP contribution in [0.4, 0.5) is 10.1 Å². The molecule has 5 N–H and O–H groups in total. The van der Waals surface area contributed by atoms with Crippen LogP contribution in [-0.4, -0.2) is 50.7 Å². The molecule has 1 unspecified atom stereocenters. The first-order valence-electron chi connectivity index (χ1n) is 14.5. The predicted octanol–water partition coefficient (Wildman–Crippen LogP) is 5.50. The van der Waals surface area contributed by atoms with Crippen LogP contribution in [0.3, 0.4) is 0 Å². The third-order valence-corrected chi connectivity index (χ3v) is 9.50. The molecule has 0 aliphatic heterocycles. The highest BCUT2D eigenvalue weighted by molar-refractivity contribution is 7.90. The molecule has 228 valence electrons. The maximum absolute atomic E-state index is 14.7. The molecule has 5 aromatic heterocycles. The molecule has 13 heteroatoms. The van der Waals surface area contributed by atoms with Crippen LogP contribution < -0.4 is 11.1 Å². The maximum atomic E-state index is 14.7. The summed E-state index contributed by atoms with van der Waals surface area (Å²) in [6.07, 6.45) is 13.3. The Morgan fingerprint density at radius 1 is 0.956 bits per heavy atom. The summed E-state index contributed by atoms with van der Waals surface area (Å²) in [6, 6.07) is 9.73. The van der Waals surface area contributed by atoms with Crippen molar-refractivity contribution in [1.29, 1.82) is 0 Å². The van der Waals surface area contributed by atoms with Gasteiger partial charge in [0.2, 0.25) is 5.91 Å². The zero-order chi connectivity index (χ0) is 31.3. The Balaban J connectivity index is 1.25. The van der Waals surface area contributed by atoms with Gasteiger partial charge in [0.1, 0.15) is 16.9 Å². The number of nitrogens with zero attached hydrogens (tertiary/aromatic N) is 4. The molecule has 0 saturated heterocycles. The van der Waals surface area contributed by atoms with Crippen molar-refractivity contribution in [3.63, 3.8) is 0 Å². The first kappa shape index (κ1) is 28.7. The highest BCUT2D eigenvalue weighted by atomic mass is 32.2. The number of rotatable bonds is 7. The summed E-state index contributed by atoms with van der Waals surface area (Å²) in [5, 5.41) is 10.6. The standard InChI is InChI=1S/C32H29FN8O3S/c1-45(43,44)30(34)19-6-18(7-22(33)8-19)26-15-36-16-28-24(26)11-27(39-28)29-25-10-21(13-37-31(25)41-40-29)20-9-23(14-35-12-20)38-32(42)17-4-2-3-5-17/h6-17,30,39H,2-5,34H2,1H3,(H,38,42)(H,37,40,41). The molecule has 11 nitrogen and oxygen atoms in total. The number of pyridine rings is 3. The third-order valence-electron chi connectivity index (χ3n) is 8.30. The van der Waals surface area contributed by atoms with Crippen molar-refractivity contribution in [2.24, 2.45) is 11.7 Å². The fourth-order valence-corrected chi connectivity index (χ4v) is 6.58. The van der Waals surface area contributed by atoms with Gasteiger partial charge in [-0.05, 0) is 60.4 Å². The number of benzene rings is 1. The van der Waals surface area contributed by atoms with E-state index in [0.717, 1.165) is 59.9 Å². The van der Waals surface area contributed by atoms with Crippen molar-refractivity contribution in [3.05, 3.63) is 78.8 Å². The predicted molar refractivity (Wildman–Crippen MR) is 170 cm³/mol. The summed E-state index contributed by atoms with van der Waals surface area (Å²) in [7, 11) is -3.65. The summed E-state index contributed by atoms with van der Waals surface area (Å²) in [6.45, 7) is 0. The zero-order valence-electron chi connectivity index (χ0n) is 24.2. The van der Waals surface area contributed by atoms with E-state index in [1.54, 1.807) is 37.1 Å². The Bertz CT molecular complexity index is 2210. The Hall–Kier alpha value is -5.01. The second-order valence-corrected chi connectivity index (χ2v) is 13.6. The van der Waals surface area contributed by atoms with Gasteiger partial charge in [-0.15, -0.1) is 0 Å². The first-order valence-corrected chi connectivity index (χ1v) is 16.4. The lowest BCUT2D eigenvalue weighted by Crippen LogP contribution is -2.20. The van der Waals surface area contributed by atoms with Crippen LogP contribution in [0, 0.1) is 11.7 Å². The van der Waals surface area contributed by atoms with E-state index in [9.17, 15) is 17.6 Å². The fourth-order valence-electron chi connectivity index (χ4n) is 5.95. The third kappa shape index (κ3) is 5.56. The molecule has 1 aliphatic rings. The van der Waals surface area contributed by atoms with Crippen LogP contribution in [0.2, 0.25) is 0 Å². The molecule has 45 heavy (non-hydrogen) atoms. The largest absolute Gasteiger partial charge is 0.352 e. The molecule has 1 saturated carbocycles. The highest BCUT2D eigenvalue weighted by Gasteiger charge is 2.23. The van der Waals surface area contributed by atoms with Crippen molar-refractivity contribution < 1.29 is 17.6 Å². The molecule has 6 aromatic rings. The van der Waals surface area contributed by atoms with E-state index in [1.807, 2.05) is 18.2 Å². The first-order chi connectivity index (χ1) is 21.6. The number of hydrogen-bond donors (Lipinski definition) is 4. The molecule has 1 atom stereocenters. The number of halogens is 1. The second kappa shape index (κ2) is 11.2. The Morgan fingerprint density at radius 3 is 2.53 bits per heavy atom. The van der Waals surface area contributed by atoms with E-state index in [-0.39, 0.29) is 17.4 Å². The molecule has 1 aromatic carbocycles. The second-order valence-electron chi connectivity index (χ2n) is 11.5. The van der Waals surface area contributed by atoms with E-state index in [0.29, 0.717) is 39.4 Å². The molecule has 5 heterocycles. The number of nitrogens with one attached hydrogen (secondary N) is 3. The topological polar surface area (TPSA) is 172 Å².